The molecule has 0 aliphatic rings. The highest BCUT2D eigenvalue weighted by molar-refractivity contribution is 7.99. The molecule has 1 unspecified atom stereocenters. The first-order valence-electron chi connectivity index (χ1n) is 5.75. The molecule has 1 atom stereocenters. The molecule has 0 bridgehead atoms. The molecule has 96 valence electrons. The summed E-state index contributed by atoms with van der Waals surface area (Å²) >= 11 is 1.55. The number of benzene rings is 1. The van der Waals surface area contributed by atoms with Gasteiger partial charge in [0.2, 0.25) is 5.91 Å². The Morgan fingerprint density at radius 1 is 1.56 bits per heavy atom. The van der Waals surface area contributed by atoms with Crippen molar-refractivity contribution in [1.29, 1.82) is 5.26 Å². The van der Waals surface area contributed by atoms with E-state index in [1.807, 2.05) is 13.0 Å². The van der Waals surface area contributed by atoms with Crippen LogP contribution in [0, 0.1) is 11.3 Å². The van der Waals surface area contributed by atoms with Crippen molar-refractivity contribution in [3.8, 4) is 6.07 Å². The molecule has 0 aromatic heterocycles. The quantitative estimate of drug-likeness (QED) is 0.769. The number of carbonyl (C=O) groups is 1. The zero-order chi connectivity index (χ0) is 13.4. The third-order valence-corrected chi connectivity index (χ3v) is 3.26. The highest BCUT2D eigenvalue weighted by Crippen LogP contribution is 2.14. The van der Waals surface area contributed by atoms with Crippen LogP contribution in [0.25, 0.3) is 0 Å². The molecule has 0 saturated carbocycles. The first-order chi connectivity index (χ1) is 8.63. The lowest BCUT2D eigenvalue weighted by atomic mass is 10.2. The Morgan fingerprint density at radius 2 is 2.28 bits per heavy atom. The summed E-state index contributed by atoms with van der Waals surface area (Å²) < 4.78 is 0. The first kappa shape index (κ1) is 14.6. The van der Waals surface area contributed by atoms with Crippen molar-refractivity contribution in [3.05, 3.63) is 29.8 Å². The third kappa shape index (κ3) is 5.21. The average Bonchev–Trinajstić information content (AvgIpc) is 2.35. The molecule has 0 radical (unpaired) electrons. The predicted molar refractivity (Wildman–Crippen MR) is 75.4 cm³/mol. The maximum Gasteiger partial charge on any atom is 0.234 e. The molecule has 0 aliphatic heterocycles. The summed E-state index contributed by atoms with van der Waals surface area (Å²) in [6.45, 7) is 1.95. The van der Waals surface area contributed by atoms with Crippen LogP contribution in [0.4, 0.5) is 5.69 Å². The molecule has 1 rings (SSSR count). The number of anilines is 1. The van der Waals surface area contributed by atoms with Crippen LogP contribution in [-0.2, 0) is 4.79 Å². The number of thioether (sulfide) groups is 1. The topological polar surface area (TPSA) is 78.9 Å². The Morgan fingerprint density at radius 3 is 2.94 bits per heavy atom. The minimum Gasteiger partial charge on any atom is -0.328 e. The van der Waals surface area contributed by atoms with Gasteiger partial charge in [-0.05, 0) is 31.2 Å². The van der Waals surface area contributed by atoms with Gasteiger partial charge in [0.15, 0.2) is 0 Å². The molecule has 1 aromatic carbocycles. The molecule has 0 spiro atoms. The molecular weight excluding hydrogens is 246 g/mol. The molecule has 18 heavy (non-hydrogen) atoms. The minimum absolute atomic E-state index is 0.0904. The summed E-state index contributed by atoms with van der Waals surface area (Å²) in [7, 11) is 0. The number of hydrogen-bond acceptors (Lipinski definition) is 4. The van der Waals surface area contributed by atoms with Crippen molar-refractivity contribution in [3.63, 3.8) is 0 Å². The first-order valence-corrected chi connectivity index (χ1v) is 6.91. The van der Waals surface area contributed by atoms with E-state index in [-0.39, 0.29) is 11.9 Å². The third-order valence-electron chi connectivity index (χ3n) is 2.27. The highest BCUT2D eigenvalue weighted by Gasteiger charge is 2.06. The van der Waals surface area contributed by atoms with Crippen molar-refractivity contribution < 1.29 is 4.79 Å². The maximum absolute atomic E-state index is 11.7. The fraction of sp³-hybridized carbons (Fsp3) is 0.385. The zero-order valence-corrected chi connectivity index (χ0v) is 11.2. The van der Waals surface area contributed by atoms with Crippen molar-refractivity contribution in [2.24, 2.45) is 5.73 Å². The van der Waals surface area contributed by atoms with Gasteiger partial charge in [0.1, 0.15) is 6.07 Å². The summed E-state index contributed by atoms with van der Waals surface area (Å²) in [5, 5.41) is 11.6. The van der Waals surface area contributed by atoms with Crippen LogP contribution in [0.1, 0.15) is 18.9 Å². The molecule has 0 saturated heterocycles. The monoisotopic (exact) mass is 263 g/mol. The fourth-order valence-corrected chi connectivity index (χ4v) is 2.25. The smallest absolute Gasteiger partial charge is 0.234 e. The Labute approximate surface area is 112 Å². The summed E-state index contributed by atoms with van der Waals surface area (Å²) in [5.41, 5.74) is 6.67. The van der Waals surface area contributed by atoms with Crippen molar-refractivity contribution in [2.45, 2.75) is 19.4 Å². The SMILES string of the molecule is CC(N)CCSCC(=O)Nc1ccccc1C#N. The highest BCUT2D eigenvalue weighted by atomic mass is 32.2. The Kier molecular flexibility index (Phi) is 6.26. The molecule has 1 amide bonds. The second-order valence-corrected chi connectivity index (χ2v) is 5.13. The van der Waals surface area contributed by atoms with Gasteiger partial charge in [-0.3, -0.25) is 4.79 Å². The molecule has 1 aromatic rings. The zero-order valence-electron chi connectivity index (χ0n) is 10.3. The van der Waals surface area contributed by atoms with Gasteiger partial charge in [0, 0.05) is 6.04 Å². The summed E-state index contributed by atoms with van der Waals surface area (Å²) in [6, 6.07) is 9.18. The average molecular weight is 263 g/mol. The second kappa shape index (κ2) is 7.75. The number of amides is 1. The van der Waals surface area contributed by atoms with Gasteiger partial charge in [0.25, 0.3) is 0 Å². The number of nitrogens with two attached hydrogens (primary N) is 1. The number of nitrogens with one attached hydrogen (secondary N) is 1. The maximum atomic E-state index is 11.7. The number of para-hydroxylation sites is 1. The van der Waals surface area contributed by atoms with Crippen LogP contribution in [0.15, 0.2) is 24.3 Å². The van der Waals surface area contributed by atoms with Crippen LogP contribution < -0.4 is 11.1 Å². The van der Waals surface area contributed by atoms with Gasteiger partial charge in [-0.25, -0.2) is 0 Å². The minimum atomic E-state index is -0.0904. The van der Waals surface area contributed by atoms with Gasteiger partial charge in [-0.1, -0.05) is 12.1 Å². The van der Waals surface area contributed by atoms with E-state index in [1.54, 1.807) is 36.0 Å². The van der Waals surface area contributed by atoms with E-state index in [0.29, 0.717) is 17.0 Å². The normalized spacial score (nSPS) is 11.6. The second-order valence-electron chi connectivity index (χ2n) is 4.02. The van der Waals surface area contributed by atoms with Crippen LogP contribution in [0.2, 0.25) is 0 Å². The Bertz CT molecular complexity index is 440. The predicted octanol–water partition coefficient (Wildman–Crippen LogP) is 1.97. The van der Waals surface area contributed by atoms with E-state index >= 15 is 0 Å². The standard InChI is InChI=1S/C13H17N3OS/c1-10(15)6-7-18-9-13(17)16-12-5-3-2-4-11(12)8-14/h2-5,10H,6-7,9,15H2,1H3,(H,16,17). The van der Waals surface area contributed by atoms with Crippen molar-refractivity contribution in [1.82, 2.24) is 0 Å². The molecule has 3 N–H and O–H groups in total. The van der Waals surface area contributed by atoms with E-state index in [2.05, 4.69) is 5.32 Å². The van der Waals surface area contributed by atoms with Crippen LogP contribution in [0.3, 0.4) is 0 Å². The number of rotatable bonds is 6. The van der Waals surface area contributed by atoms with E-state index in [1.165, 1.54) is 0 Å². The van der Waals surface area contributed by atoms with E-state index in [9.17, 15) is 4.79 Å². The van der Waals surface area contributed by atoms with Crippen LogP contribution in [-0.4, -0.2) is 23.5 Å². The summed E-state index contributed by atoms with van der Waals surface area (Å²) in [4.78, 5) is 11.7. The molecular formula is C13H17N3OS. The largest absolute Gasteiger partial charge is 0.328 e. The number of hydrogen-bond donors (Lipinski definition) is 2. The number of nitrogens with zero attached hydrogens (tertiary/aromatic N) is 1. The van der Waals surface area contributed by atoms with Gasteiger partial charge in [-0.2, -0.15) is 17.0 Å². The number of carbonyl (C=O) groups excluding carboxylic acids is 1. The lowest BCUT2D eigenvalue weighted by Crippen LogP contribution is -2.18. The van der Waals surface area contributed by atoms with Crippen molar-refractivity contribution >= 4 is 23.4 Å². The van der Waals surface area contributed by atoms with Gasteiger partial charge in [0.05, 0.1) is 17.0 Å². The molecule has 0 aliphatic carbocycles. The molecule has 0 heterocycles. The lowest BCUT2D eigenvalue weighted by molar-refractivity contribution is -0.113. The number of nitriles is 1. The molecule has 5 heteroatoms. The summed E-state index contributed by atoms with van der Waals surface area (Å²) in [5.74, 6) is 1.16. The van der Waals surface area contributed by atoms with Gasteiger partial charge in [-0.15, -0.1) is 0 Å². The Balaban J connectivity index is 2.38. The van der Waals surface area contributed by atoms with Gasteiger partial charge >= 0.3 is 0 Å². The van der Waals surface area contributed by atoms with E-state index < -0.39 is 0 Å². The van der Waals surface area contributed by atoms with Crippen LogP contribution >= 0.6 is 11.8 Å². The molecule has 4 nitrogen and oxygen atoms in total. The lowest BCUT2D eigenvalue weighted by Gasteiger charge is -2.07. The summed E-state index contributed by atoms with van der Waals surface area (Å²) in [6.07, 6.45) is 0.896. The molecule has 0 fully saturated rings. The van der Waals surface area contributed by atoms with E-state index in [0.717, 1.165) is 12.2 Å². The van der Waals surface area contributed by atoms with Gasteiger partial charge < -0.3 is 11.1 Å². The van der Waals surface area contributed by atoms with Crippen molar-refractivity contribution in [2.75, 3.05) is 16.8 Å². The Hall–Kier alpha value is -1.51. The van der Waals surface area contributed by atoms with Crippen LogP contribution in [0.5, 0.6) is 0 Å². The van der Waals surface area contributed by atoms with E-state index in [4.69, 9.17) is 11.0 Å². The fourth-order valence-electron chi connectivity index (χ4n) is 1.31.